The number of thioether (sulfide) groups is 1. The number of imidazole rings is 1. The fourth-order valence-corrected chi connectivity index (χ4v) is 3.28. The first kappa shape index (κ1) is 17.4. The summed E-state index contributed by atoms with van der Waals surface area (Å²) in [5, 5.41) is 0.736. The highest BCUT2D eigenvalue weighted by molar-refractivity contribution is 7.99. The van der Waals surface area contributed by atoms with Crippen molar-refractivity contribution in [1.29, 1.82) is 0 Å². The van der Waals surface area contributed by atoms with E-state index in [4.69, 9.17) is 4.74 Å². The van der Waals surface area contributed by atoms with E-state index in [9.17, 15) is 4.79 Å². The van der Waals surface area contributed by atoms with Gasteiger partial charge in [-0.25, -0.2) is 4.98 Å². The Hall–Kier alpha value is -2.47. The van der Waals surface area contributed by atoms with Gasteiger partial charge in [-0.15, -0.1) is 0 Å². The molecular formula is C19H21N3O2S. The van der Waals surface area contributed by atoms with Gasteiger partial charge in [0, 0.05) is 19.7 Å². The van der Waals surface area contributed by atoms with Crippen LogP contribution in [0.1, 0.15) is 11.1 Å². The van der Waals surface area contributed by atoms with Crippen molar-refractivity contribution < 1.29 is 9.53 Å². The minimum Gasteiger partial charge on any atom is -0.497 e. The second-order valence-corrected chi connectivity index (χ2v) is 6.91. The summed E-state index contributed by atoms with van der Waals surface area (Å²) in [6.45, 7) is 2.66. The zero-order chi connectivity index (χ0) is 17.8. The maximum atomic E-state index is 12.3. The standard InChI is InChI=1S/C19H21N3O2S/c1-13-4-6-14(7-5-13)11-22(2)18(23)12-25-19-20-16-9-8-15(24-3)10-17(16)21-19/h4-10H,11-12H2,1-3H3,(H,20,21). The van der Waals surface area contributed by atoms with E-state index in [2.05, 4.69) is 41.2 Å². The van der Waals surface area contributed by atoms with Crippen LogP contribution in [-0.4, -0.2) is 40.7 Å². The predicted molar refractivity (Wildman–Crippen MR) is 101 cm³/mol. The molecule has 1 aromatic heterocycles. The number of amides is 1. The van der Waals surface area contributed by atoms with Crippen LogP contribution in [0.3, 0.4) is 0 Å². The average molecular weight is 355 g/mol. The number of benzene rings is 2. The number of nitrogens with one attached hydrogen (secondary N) is 1. The first-order valence-electron chi connectivity index (χ1n) is 8.01. The predicted octanol–water partition coefficient (Wildman–Crippen LogP) is 3.63. The number of aromatic nitrogens is 2. The zero-order valence-corrected chi connectivity index (χ0v) is 15.4. The monoisotopic (exact) mass is 355 g/mol. The molecule has 0 aliphatic heterocycles. The molecule has 0 bridgehead atoms. The molecule has 3 aromatic rings. The average Bonchev–Trinajstić information content (AvgIpc) is 3.03. The van der Waals surface area contributed by atoms with E-state index in [0.717, 1.165) is 27.5 Å². The van der Waals surface area contributed by atoms with Gasteiger partial charge in [0.05, 0.1) is 23.9 Å². The SMILES string of the molecule is COc1ccc2nc(SCC(=O)N(C)Cc3ccc(C)cc3)[nH]c2c1. The molecular weight excluding hydrogens is 334 g/mol. The first-order chi connectivity index (χ1) is 12.0. The maximum absolute atomic E-state index is 12.3. The van der Waals surface area contributed by atoms with Crippen molar-refractivity contribution in [3.8, 4) is 5.75 Å². The highest BCUT2D eigenvalue weighted by Gasteiger charge is 2.12. The molecule has 3 rings (SSSR count). The van der Waals surface area contributed by atoms with Crippen molar-refractivity contribution >= 4 is 28.7 Å². The topological polar surface area (TPSA) is 58.2 Å². The fraction of sp³-hybridized carbons (Fsp3) is 0.263. The number of H-pyrrole nitrogens is 1. The van der Waals surface area contributed by atoms with E-state index < -0.39 is 0 Å². The largest absolute Gasteiger partial charge is 0.497 e. The molecule has 0 atom stereocenters. The number of methoxy groups -OCH3 is 1. The molecule has 0 saturated heterocycles. The third-order valence-electron chi connectivity index (χ3n) is 3.97. The number of rotatable bonds is 6. The number of aromatic amines is 1. The van der Waals surface area contributed by atoms with E-state index in [1.54, 1.807) is 12.0 Å². The number of fused-ring (bicyclic) bond motifs is 1. The summed E-state index contributed by atoms with van der Waals surface area (Å²) in [5.74, 6) is 1.20. The Morgan fingerprint density at radius 2 is 2.00 bits per heavy atom. The first-order valence-corrected chi connectivity index (χ1v) is 9.00. The molecule has 25 heavy (non-hydrogen) atoms. The minimum atomic E-state index is 0.0728. The van der Waals surface area contributed by atoms with Crippen LogP contribution in [0.4, 0.5) is 0 Å². The minimum absolute atomic E-state index is 0.0728. The Balaban J connectivity index is 1.58. The van der Waals surface area contributed by atoms with Crippen molar-refractivity contribution in [3.63, 3.8) is 0 Å². The second kappa shape index (κ2) is 7.61. The number of carbonyl (C=O) groups excluding carboxylic acids is 1. The lowest BCUT2D eigenvalue weighted by Crippen LogP contribution is -2.27. The zero-order valence-electron chi connectivity index (χ0n) is 14.6. The molecule has 6 heteroatoms. The van der Waals surface area contributed by atoms with Crippen LogP contribution in [0.2, 0.25) is 0 Å². The molecule has 0 saturated carbocycles. The fourth-order valence-electron chi connectivity index (χ4n) is 2.46. The number of hydrogen-bond acceptors (Lipinski definition) is 4. The molecule has 1 amide bonds. The number of nitrogens with zero attached hydrogens (tertiary/aromatic N) is 2. The van der Waals surface area contributed by atoms with Gasteiger partial charge in [-0.1, -0.05) is 41.6 Å². The van der Waals surface area contributed by atoms with Gasteiger partial charge in [-0.3, -0.25) is 4.79 Å². The molecule has 5 nitrogen and oxygen atoms in total. The lowest BCUT2D eigenvalue weighted by Gasteiger charge is -2.16. The van der Waals surface area contributed by atoms with E-state index in [1.807, 2.05) is 25.2 Å². The molecule has 1 N–H and O–H groups in total. The highest BCUT2D eigenvalue weighted by Crippen LogP contribution is 2.23. The van der Waals surface area contributed by atoms with E-state index in [0.29, 0.717) is 12.3 Å². The van der Waals surface area contributed by atoms with Gasteiger partial charge < -0.3 is 14.6 Å². The quantitative estimate of drug-likeness (QED) is 0.686. The molecule has 130 valence electrons. The lowest BCUT2D eigenvalue weighted by atomic mass is 10.1. The van der Waals surface area contributed by atoms with Crippen LogP contribution >= 0.6 is 11.8 Å². The summed E-state index contributed by atoms with van der Waals surface area (Å²) < 4.78 is 5.21. The van der Waals surface area contributed by atoms with Crippen molar-refractivity contribution in [3.05, 3.63) is 53.6 Å². The Labute approximate surface area is 151 Å². The Bertz CT molecular complexity index is 874. The molecule has 0 unspecified atom stereocenters. The number of ether oxygens (including phenoxy) is 1. The summed E-state index contributed by atoms with van der Waals surface area (Å²) in [4.78, 5) is 21.8. The van der Waals surface area contributed by atoms with Crippen molar-refractivity contribution in [2.75, 3.05) is 19.9 Å². The molecule has 0 fully saturated rings. The highest BCUT2D eigenvalue weighted by atomic mass is 32.2. The maximum Gasteiger partial charge on any atom is 0.233 e. The third-order valence-corrected chi connectivity index (χ3v) is 4.82. The molecule has 2 aromatic carbocycles. The van der Waals surface area contributed by atoms with Crippen molar-refractivity contribution in [2.24, 2.45) is 0 Å². The van der Waals surface area contributed by atoms with Gasteiger partial charge in [-0.2, -0.15) is 0 Å². The van der Waals surface area contributed by atoms with Crippen LogP contribution in [0, 0.1) is 6.92 Å². The van der Waals surface area contributed by atoms with Crippen LogP contribution in [0.5, 0.6) is 5.75 Å². The summed E-state index contributed by atoms with van der Waals surface area (Å²) in [6, 6.07) is 13.9. The molecule has 0 spiro atoms. The van der Waals surface area contributed by atoms with E-state index in [-0.39, 0.29) is 5.91 Å². The van der Waals surface area contributed by atoms with Gasteiger partial charge in [0.15, 0.2) is 5.16 Å². The van der Waals surface area contributed by atoms with Crippen molar-refractivity contribution in [2.45, 2.75) is 18.6 Å². The lowest BCUT2D eigenvalue weighted by molar-refractivity contribution is -0.127. The molecule has 0 radical (unpaired) electrons. The Morgan fingerprint density at radius 3 is 2.72 bits per heavy atom. The molecule has 1 heterocycles. The van der Waals surface area contributed by atoms with Crippen LogP contribution in [-0.2, 0) is 11.3 Å². The van der Waals surface area contributed by atoms with Gasteiger partial charge in [0.25, 0.3) is 0 Å². The summed E-state index contributed by atoms with van der Waals surface area (Å²) in [5.41, 5.74) is 4.11. The van der Waals surface area contributed by atoms with Crippen molar-refractivity contribution in [1.82, 2.24) is 14.9 Å². The van der Waals surface area contributed by atoms with Crippen LogP contribution in [0.25, 0.3) is 11.0 Å². The van der Waals surface area contributed by atoms with Crippen LogP contribution in [0.15, 0.2) is 47.6 Å². The third kappa shape index (κ3) is 4.33. The number of aryl methyl sites for hydroxylation is 1. The summed E-state index contributed by atoms with van der Waals surface area (Å²) in [7, 11) is 3.46. The van der Waals surface area contributed by atoms with Gasteiger partial charge >= 0.3 is 0 Å². The second-order valence-electron chi connectivity index (χ2n) is 5.95. The van der Waals surface area contributed by atoms with E-state index in [1.165, 1.54) is 17.3 Å². The van der Waals surface area contributed by atoms with Gasteiger partial charge in [-0.05, 0) is 24.6 Å². The smallest absolute Gasteiger partial charge is 0.233 e. The van der Waals surface area contributed by atoms with Gasteiger partial charge in [0.1, 0.15) is 5.75 Å². The number of hydrogen-bond donors (Lipinski definition) is 1. The normalized spacial score (nSPS) is 10.8. The van der Waals surface area contributed by atoms with Crippen LogP contribution < -0.4 is 4.74 Å². The molecule has 0 aliphatic rings. The van der Waals surface area contributed by atoms with E-state index >= 15 is 0 Å². The number of carbonyl (C=O) groups is 1. The summed E-state index contributed by atoms with van der Waals surface area (Å²) in [6.07, 6.45) is 0. The molecule has 0 aliphatic carbocycles. The Kier molecular flexibility index (Phi) is 5.28. The summed E-state index contributed by atoms with van der Waals surface area (Å²) >= 11 is 1.41. The van der Waals surface area contributed by atoms with Gasteiger partial charge in [0.2, 0.25) is 5.91 Å². The Morgan fingerprint density at radius 1 is 1.24 bits per heavy atom.